The molecule has 1 aromatic carbocycles. The Kier molecular flexibility index (Phi) is 5.42. The van der Waals surface area contributed by atoms with Crippen molar-refractivity contribution in [2.45, 2.75) is 32.1 Å². The smallest absolute Gasteiger partial charge is 0.225 e. The Bertz CT molecular complexity index is 899. The first-order valence-corrected chi connectivity index (χ1v) is 11.4. The van der Waals surface area contributed by atoms with Gasteiger partial charge in [-0.1, -0.05) is 30.3 Å². The summed E-state index contributed by atoms with van der Waals surface area (Å²) in [6.07, 6.45) is 5.12. The monoisotopic (exact) mass is 405 g/mol. The lowest BCUT2D eigenvalue weighted by Gasteiger charge is -2.38. The van der Waals surface area contributed by atoms with Crippen molar-refractivity contribution in [1.29, 1.82) is 0 Å². The molecule has 3 aliphatic rings. The first-order valence-electron chi connectivity index (χ1n) is 11.4. The number of anilines is 1. The van der Waals surface area contributed by atoms with E-state index >= 15 is 0 Å². The number of hydrogen-bond acceptors (Lipinski definition) is 5. The van der Waals surface area contributed by atoms with Crippen LogP contribution < -0.4 is 4.90 Å². The molecular weight excluding hydrogens is 374 g/mol. The molecule has 5 rings (SSSR count). The standard InChI is InChI=1S/C24H31N5O/c1-27-14-16-29(17-15-27)24(30)19-10-12-28(13-11-19)23-20-8-5-9-21(20)25-22(26-23)18-6-3-2-4-7-18/h2-4,6-7,19H,5,8-17H2,1H3. The molecule has 0 saturated carbocycles. The van der Waals surface area contributed by atoms with E-state index in [4.69, 9.17) is 9.97 Å². The van der Waals surface area contributed by atoms with Crippen molar-refractivity contribution in [3.63, 3.8) is 0 Å². The number of piperidine rings is 1. The highest BCUT2D eigenvalue weighted by Crippen LogP contribution is 2.33. The van der Waals surface area contributed by atoms with Gasteiger partial charge in [0.15, 0.2) is 5.82 Å². The molecule has 2 saturated heterocycles. The summed E-state index contributed by atoms with van der Waals surface area (Å²) in [6.45, 7) is 5.52. The molecule has 0 bridgehead atoms. The SMILES string of the molecule is CN1CCN(C(=O)C2CCN(c3nc(-c4ccccc4)nc4c3CCC4)CC2)CC1. The van der Waals surface area contributed by atoms with E-state index in [9.17, 15) is 4.79 Å². The van der Waals surface area contributed by atoms with Crippen LogP contribution in [0, 0.1) is 5.92 Å². The number of likely N-dealkylation sites (N-methyl/N-ethyl adjacent to an activating group) is 1. The number of amides is 1. The lowest BCUT2D eigenvalue weighted by atomic mass is 9.94. The van der Waals surface area contributed by atoms with Crippen molar-refractivity contribution >= 4 is 11.7 Å². The Morgan fingerprint density at radius 2 is 1.67 bits per heavy atom. The Morgan fingerprint density at radius 1 is 0.933 bits per heavy atom. The molecule has 0 radical (unpaired) electrons. The number of benzene rings is 1. The van der Waals surface area contributed by atoms with Gasteiger partial charge in [-0.15, -0.1) is 0 Å². The summed E-state index contributed by atoms with van der Waals surface area (Å²) >= 11 is 0. The van der Waals surface area contributed by atoms with Crippen LogP contribution in [0.2, 0.25) is 0 Å². The van der Waals surface area contributed by atoms with Crippen molar-refractivity contribution in [3.8, 4) is 11.4 Å². The van der Waals surface area contributed by atoms with Crippen LogP contribution in [0.15, 0.2) is 30.3 Å². The highest BCUT2D eigenvalue weighted by Gasteiger charge is 2.32. The fraction of sp³-hybridized carbons (Fsp3) is 0.542. The van der Waals surface area contributed by atoms with E-state index in [1.54, 1.807) is 0 Å². The zero-order valence-electron chi connectivity index (χ0n) is 17.9. The molecular formula is C24H31N5O. The summed E-state index contributed by atoms with van der Waals surface area (Å²) in [5.74, 6) is 2.47. The molecule has 30 heavy (non-hydrogen) atoms. The van der Waals surface area contributed by atoms with Crippen molar-refractivity contribution in [2.24, 2.45) is 5.92 Å². The van der Waals surface area contributed by atoms with Crippen LogP contribution in [0.4, 0.5) is 5.82 Å². The van der Waals surface area contributed by atoms with Gasteiger partial charge in [-0.05, 0) is 39.2 Å². The molecule has 2 fully saturated rings. The molecule has 2 aromatic rings. The maximum absolute atomic E-state index is 13.0. The maximum atomic E-state index is 13.0. The van der Waals surface area contributed by atoms with Gasteiger partial charge >= 0.3 is 0 Å². The van der Waals surface area contributed by atoms with Gasteiger partial charge < -0.3 is 14.7 Å². The number of carbonyl (C=O) groups is 1. The third-order valence-electron chi connectivity index (χ3n) is 6.90. The molecule has 158 valence electrons. The fourth-order valence-corrected chi connectivity index (χ4v) is 5.01. The molecule has 3 heterocycles. The van der Waals surface area contributed by atoms with Crippen LogP contribution in [0.1, 0.15) is 30.5 Å². The van der Waals surface area contributed by atoms with Gasteiger partial charge in [0.2, 0.25) is 5.91 Å². The topological polar surface area (TPSA) is 52.6 Å². The van der Waals surface area contributed by atoms with Crippen molar-refractivity contribution < 1.29 is 4.79 Å². The predicted molar refractivity (Wildman–Crippen MR) is 119 cm³/mol. The van der Waals surface area contributed by atoms with E-state index in [1.807, 2.05) is 18.2 Å². The molecule has 2 aliphatic heterocycles. The normalized spacial score (nSPS) is 20.4. The van der Waals surface area contributed by atoms with Gasteiger partial charge in [0.05, 0.1) is 0 Å². The molecule has 1 aliphatic carbocycles. The number of hydrogen-bond donors (Lipinski definition) is 0. The quantitative estimate of drug-likeness (QED) is 0.786. The fourth-order valence-electron chi connectivity index (χ4n) is 5.01. The van der Waals surface area contributed by atoms with Gasteiger partial charge in [-0.2, -0.15) is 0 Å². The Hall–Kier alpha value is -2.47. The largest absolute Gasteiger partial charge is 0.356 e. The lowest BCUT2D eigenvalue weighted by Crippen LogP contribution is -2.50. The van der Waals surface area contributed by atoms with Gasteiger partial charge in [-0.25, -0.2) is 9.97 Å². The van der Waals surface area contributed by atoms with Crippen LogP contribution in [-0.4, -0.2) is 72.0 Å². The van der Waals surface area contributed by atoms with Gasteiger partial charge in [0.1, 0.15) is 5.82 Å². The number of fused-ring (bicyclic) bond motifs is 1. The zero-order valence-corrected chi connectivity index (χ0v) is 17.9. The van der Waals surface area contributed by atoms with Crippen molar-refractivity contribution in [2.75, 3.05) is 51.2 Å². The van der Waals surface area contributed by atoms with E-state index in [-0.39, 0.29) is 5.92 Å². The average Bonchev–Trinajstić information content (AvgIpc) is 3.28. The molecule has 6 nitrogen and oxygen atoms in total. The first kappa shape index (κ1) is 19.5. The minimum atomic E-state index is 0.160. The second-order valence-corrected chi connectivity index (χ2v) is 8.91. The number of nitrogens with zero attached hydrogens (tertiary/aromatic N) is 5. The third kappa shape index (κ3) is 3.81. The van der Waals surface area contributed by atoms with E-state index in [2.05, 4.69) is 33.9 Å². The minimum Gasteiger partial charge on any atom is -0.356 e. The molecule has 0 unspecified atom stereocenters. The van der Waals surface area contributed by atoms with Crippen LogP contribution in [-0.2, 0) is 17.6 Å². The number of rotatable bonds is 3. The molecule has 0 spiro atoms. The molecule has 0 N–H and O–H groups in total. The van der Waals surface area contributed by atoms with Crippen molar-refractivity contribution in [3.05, 3.63) is 41.6 Å². The van der Waals surface area contributed by atoms with Crippen LogP contribution in [0.3, 0.4) is 0 Å². The number of carbonyl (C=O) groups excluding carboxylic acids is 1. The summed E-state index contributed by atoms with van der Waals surface area (Å²) < 4.78 is 0. The third-order valence-corrected chi connectivity index (χ3v) is 6.90. The first-order chi connectivity index (χ1) is 14.7. The second-order valence-electron chi connectivity index (χ2n) is 8.91. The maximum Gasteiger partial charge on any atom is 0.225 e. The number of piperazine rings is 1. The van der Waals surface area contributed by atoms with Gasteiger partial charge in [-0.3, -0.25) is 4.79 Å². The summed E-state index contributed by atoms with van der Waals surface area (Å²) in [6, 6.07) is 10.3. The zero-order chi connectivity index (χ0) is 20.5. The summed E-state index contributed by atoms with van der Waals surface area (Å²) in [4.78, 5) is 29.7. The highest BCUT2D eigenvalue weighted by molar-refractivity contribution is 5.79. The van der Waals surface area contributed by atoms with Crippen molar-refractivity contribution in [1.82, 2.24) is 19.8 Å². The van der Waals surface area contributed by atoms with Crippen LogP contribution in [0.5, 0.6) is 0 Å². The molecule has 0 atom stereocenters. The number of aryl methyl sites for hydroxylation is 1. The predicted octanol–water partition coefficient (Wildman–Crippen LogP) is 2.62. The molecule has 6 heteroatoms. The van der Waals surface area contributed by atoms with E-state index < -0.39 is 0 Å². The molecule has 1 amide bonds. The summed E-state index contributed by atoms with van der Waals surface area (Å²) in [7, 11) is 2.13. The Labute approximate surface area is 178 Å². The Morgan fingerprint density at radius 3 is 2.40 bits per heavy atom. The Balaban J connectivity index is 1.31. The van der Waals surface area contributed by atoms with E-state index in [0.717, 1.165) is 88.6 Å². The van der Waals surface area contributed by atoms with E-state index in [0.29, 0.717) is 5.91 Å². The summed E-state index contributed by atoms with van der Waals surface area (Å²) in [5, 5.41) is 0. The number of aromatic nitrogens is 2. The second kappa shape index (κ2) is 8.34. The molecule has 1 aromatic heterocycles. The van der Waals surface area contributed by atoms with E-state index in [1.165, 1.54) is 11.3 Å². The summed E-state index contributed by atoms with van der Waals surface area (Å²) in [5.41, 5.74) is 3.63. The minimum absolute atomic E-state index is 0.160. The van der Waals surface area contributed by atoms with Crippen LogP contribution in [0.25, 0.3) is 11.4 Å². The van der Waals surface area contributed by atoms with Gasteiger partial charge in [0.25, 0.3) is 0 Å². The lowest BCUT2D eigenvalue weighted by molar-refractivity contribution is -0.137. The average molecular weight is 406 g/mol. The van der Waals surface area contributed by atoms with Gasteiger partial charge in [0, 0.05) is 62.0 Å². The highest BCUT2D eigenvalue weighted by atomic mass is 16.2. The van der Waals surface area contributed by atoms with Crippen LogP contribution >= 0.6 is 0 Å².